The number of aryl methyl sites for hydroxylation is 1. The van der Waals surface area contributed by atoms with Crippen molar-refractivity contribution in [2.45, 2.75) is 26.3 Å². The second kappa shape index (κ2) is 9.36. The first-order valence-corrected chi connectivity index (χ1v) is 11.2. The third kappa shape index (κ3) is 5.04. The molecule has 3 heterocycles. The molecule has 1 saturated heterocycles. The van der Waals surface area contributed by atoms with E-state index in [0.717, 1.165) is 49.1 Å². The van der Waals surface area contributed by atoms with Gasteiger partial charge >= 0.3 is 11.8 Å². The quantitative estimate of drug-likeness (QED) is 0.617. The second-order valence-electron chi connectivity index (χ2n) is 7.79. The summed E-state index contributed by atoms with van der Waals surface area (Å²) in [5.74, 6) is -0.819. The molecule has 3 aromatic rings. The number of nitrogens with one attached hydrogen (secondary N) is 2. The molecule has 0 saturated carbocycles. The normalized spacial score (nSPS) is 15.2. The van der Waals surface area contributed by atoms with Crippen molar-refractivity contribution in [2.24, 2.45) is 5.92 Å². The number of carbonyl (C=O) groups is 2. The predicted octanol–water partition coefficient (Wildman–Crippen LogP) is 3.57. The van der Waals surface area contributed by atoms with Crippen LogP contribution in [0.3, 0.4) is 0 Å². The smallest absolute Gasteiger partial charge is 0.313 e. The number of para-hydroxylation sites is 1. The number of carbonyl (C=O) groups excluding carboxylic acids is 2. The number of benzene rings is 1. The van der Waals surface area contributed by atoms with Crippen LogP contribution in [0.15, 0.2) is 47.8 Å². The van der Waals surface area contributed by atoms with Crippen LogP contribution in [-0.4, -0.2) is 41.3 Å². The average Bonchev–Trinajstić information content (AvgIpc) is 3.26. The Morgan fingerprint density at radius 3 is 2.70 bits per heavy atom. The monoisotopic (exact) mass is 422 g/mol. The van der Waals surface area contributed by atoms with E-state index < -0.39 is 11.8 Å². The maximum absolute atomic E-state index is 12.4. The van der Waals surface area contributed by atoms with Crippen molar-refractivity contribution in [3.63, 3.8) is 0 Å². The molecule has 1 aromatic carbocycles. The molecule has 156 valence electrons. The largest absolute Gasteiger partial charge is 0.348 e. The zero-order valence-corrected chi connectivity index (χ0v) is 17.9. The van der Waals surface area contributed by atoms with Crippen molar-refractivity contribution in [2.75, 3.05) is 25.0 Å². The molecular formula is C23H26N4O2S. The number of fused-ring (bicyclic) bond motifs is 1. The van der Waals surface area contributed by atoms with Gasteiger partial charge in [-0.1, -0.05) is 24.3 Å². The minimum atomic E-state index is -0.638. The second-order valence-corrected chi connectivity index (χ2v) is 8.82. The number of hydrogen-bond donors (Lipinski definition) is 2. The summed E-state index contributed by atoms with van der Waals surface area (Å²) in [7, 11) is 0. The van der Waals surface area contributed by atoms with E-state index in [-0.39, 0.29) is 0 Å². The van der Waals surface area contributed by atoms with Crippen LogP contribution in [0.1, 0.15) is 23.4 Å². The molecule has 1 aliphatic rings. The molecule has 2 aromatic heterocycles. The van der Waals surface area contributed by atoms with Crippen molar-refractivity contribution in [3.8, 4) is 0 Å². The van der Waals surface area contributed by atoms with Crippen molar-refractivity contribution >= 4 is 39.7 Å². The summed E-state index contributed by atoms with van der Waals surface area (Å²) in [6.07, 6.45) is 2.06. The fourth-order valence-corrected chi connectivity index (χ4v) is 4.63. The highest BCUT2D eigenvalue weighted by molar-refractivity contribution is 7.09. The van der Waals surface area contributed by atoms with Gasteiger partial charge in [0.1, 0.15) is 0 Å². The molecule has 4 rings (SSSR count). The number of piperidine rings is 1. The lowest BCUT2D eigenvalue weighted by Crippen LogP contribution is -2.41. The number of amides is 2. The Kier molecular flexibility index (Phi) is 6.40. The van der Waals surface area contributed by atoms with Gasteiger partial charge < -0.3 is 10.6 Å². The maximum Gasteiger partial charge on any atom is 0.313 e. The van der Waals surface area contributed by atoms with E-state index in [1.807, 2.05) is 31.2 Å². The van der Waals surface area contributed by atoms with Gasteiger partial charge in [-0.15, -0.1) is 11.3 Å². The van der Waals surface area contributed by atoms with Gasteiger partial charge in [0.15, 0.2) is 0 Å². The average molecular weight is 423 g/mol. The minimum absolute atomic E-state index is 0.408. The lowest BCUT2D eigenvalue weighted by molar-refractivity contribution is -0.136. The van der Waals surface area contributed by atoms with Gasteiger partial charge in [-0.05, 0) is 62.4 Å². The number of rotatable bonds is 5. The van der Waals surface area contributed by atoms with Crippen molar-refractivity contribution in [1.82, 2.24) is 15.2 Å². The molecule has 7 heteroatoms. The predicted molar refractivity (Wildman–Crippen MR) is 120 cm³/mol. The number of pyridine rings is 1. The van der Waals surface area contributed by atoms with Crippen LogP contribution in [0.2, 0.25) is 0 Å². The molecule has 0 aliphatic carbocycles. The first-order valence-electron chi connectivity index (χ1n) is 10.3. The summed E-state index contributed by atoms with van der Waals surface area (Å²) in [5.41, 5.74) is 2.20. The first-order chi connectivity index (χ1) is 14.6. The molecule has 0 spiro atoms. The van der Waals surface area contributed by atoms with E-state index in [1.165, 1.54) is 4.88 Å². The van der Waals surface area contributed by atoms with E-state index in [0.29, 0.717) is 18.2 Å². The van der Waals surface area contributed by atoms with Gasteiger partial charge in [0.25, 0.3) is 0 Å². The zero-order chi connectivity index (χ0) is 20.9. The zero-order valence-electron chi connectivity index (χ0n) is 17.1. The van der Waals surface area contributed by atoms with E-state index >= 15 is 0 Å². The summed E-state index contributed by atoms with van der Waals surface area (Å²) in [6.45, 7) is 5.44. The van der Waals surface area contributed by atoms with Crippen LogP contribution in [0.25, 0.3) is 10.9 Å². The Bertz CT molecular complexity index is 1030. The molecule has 2 amide bonds. The summed E-state index contributed by atoms with van der Waals surface area (Å²) < 4.78 is 0. The Balaban J connectivity index is 1.26. The number of hydrogen-bond acceptors (Lipinski definition) is 5. The molecule has 6 nitrogen and oxygen atoms in total. The number of anilines is 1. The number of likely N-dealkylation sites (tertiary alicyclic amines) is 1. The lowest BCUT2D eigenvalue weighted by Gasteiger charge is -2.31. The van der Waals surface area contributed by atoms with Gasteiger partial charge in [0, 0.05) is 29.0 Å². The van der Waals surface area contributed by atoms with Crippen LogP contribution in [0, 0.1) is 12.8 Å². The molecule has 0 unspecified atom stereocenters. The fraction of sp³-hybridized carbons (Fsp3) is 0.348. The summed E-state index contributed by atoms with van der Waals surface area (Å²) in [4.78, 5) is 33.1. The van der Waals surface area contributed by atoms with Crippen LogP contribution in [0.5, 0.6) is 0 Å². The number of thiophene rings is 1. The third-order valence-electron chi connectivity index (χ3n) is 5.52. The Hall–Kier alpha value is -2.77. The van der Waals surface area contributed by atoms with E-state index in [2.05, 4.69) is 38.0 Å². The topological polar surface area (TPSA) is 74.3 Å². The highest BCUT2D eigenvalue weighted by Crippen LogP contribution is 2.23. The van der Waals surface area contributed by atoms with Gasteiger partial charge in [0.2, 0.25) is 0 Å². The standard InChI is InChI=1S/C23H26N4O2S/c1-16-13-21(19-6-2-3-7-20(19)25-16)26-23(29)22(28)24-14-17-8-10-27(11-9-17)15-18-5-4-12-30-18/h2-7,12-13,17H,8-11,14-15H2,1H3,(H,24,28)(H,25,26,29). The Morgan fingerprint density at radius 1 is 1.13 bits per heavy atom. The van der Waals surface area contributed by atoms with E-state index in [9.17, 15) is 9.59 Å². The maximum atomic E-state index is 12.4. The molecule has 30 heavy (non-hydrogen) atoms. The van der Waals surface area contributed by atoms with Gasteiger partial charge in [-0.3, -0.25) is 19.5 Å². The molecule has 1 aliphatic heterocycles. The molecule has 0 radical (unpaired) electrons. The van der Waals surface area contributed by atoms with Crippen LogP contribution in [0.4, 0.5) is 5.69 Å². The Morgan fingerprint density at radius 2 is 1.93 bits per heavy atom. The first kappa shape index (κ1) is 20.5. The van der Waals surface area contributed by atoms with Gasteiger partial charge in [0.05, 0.1) is 11.2 Å². The fourth-order valence-electron chi connectivity index (χ4n) is 3.88. The summed E-state index contributed by atoms with van der Waals surface area (Å²) >= 11 is 1.79. The molecule has 1 fully saturated rings. The van der Waals surface area contributed by atoms with Crippen LogP contribution >= 0.6 is 11.3 Å². The SMILES string of the molecule is Cc1cc(NC(=O)C(=O)NCC2CCN(Cc3cccs3)CC2)c2ccccc2n1. The van der Waals surface area contributed by atoms with Crippen LogP contribution in [-0.2, 0) is 16.1 Å². The molecule has 0 bridgehead atoms. The van der Waals surface area contributed by atoms with Gasteiger partial charge in [-0.25, -0.2) is 0 Å². The summed E-state index contributed by atoms with van der Waals surface area (Å²) in [6, 6.07) is 13.6. The highest BCUT2D eigenvalue weighted by Gasteiger charge is 2.22. The molecule has 0 atom stereocenters. The minimum Gasteiger partial charge on any atom is -0.348 e. The Labute approximate surface area is 180 Å². The van der Waals surface area contributed by atoms with Crippen molar-refractivity contribution in [3.05, 3.63) is 58.4 Å². The lowest BCUT2D eigenvalue weighted by atomic mass is 9.97. The molecule has 2 N–H and O–H groups in total. The van der Waals surface area contributed by atoms with Crippen LogP contribution < -0.4 is 10.6 Å². The summed E-state index contributed by atoms with van der Waals surface area (Å²) in [5, 5.41) is 8.49. The number of aromatic nitrogens is 1. The highest BCUT2D eigenvalue weighted by atomic mass is 32.1. The van der Waals surface area contributed by atoms with E-state index in [1.54, 1.807) is 17.4 Å². The van der Waals surface area contributed by atoms with Crippen molar-refractivity contribution in [1.29, 1.82) is 0 Å². The third-order valence-corrected chi connectivity index (χ3v) is 6.38. The van der Waals surface area contributed by atoms with Crippen molar-refractivity contribution < 1.29 is 9.59 Å². The van der Waals surface area contributed by atoms with Gasteiger partial charge in [-0.2, -0.15) is 0 Å². The molecular weight excluding hydrogens is 396 g/mol. The number of nitrogens with zero attached hydrogens (tertiary/aromatic N) is 2. The van der Waals surface area contributed by atoms with E-state index in [4.69, 9.17) is 0 Å².